The fourth-order valence-corrected chi connectivity index (χ4v) is 8.53. The molecule has 2 aromatic heterocycles. The van der Waals surface area contributed by atoms with Crippen LogP contribution in [0.4, 0.5) is 11.6 Å². The first-order chi connectivity index (χ1) is 28.3. The molecule has 1 unspecified atom stereocenters. The molecule has 15 nitrogen and oxygen atoms in total. The molecule has 5 heterocycles. The monoisotopic (exact) mass is 788 g/mol. The van der Waals surface area contributed by atoms with Gasteiger partial charge >= 0.3 is 0 Å². The summed E-state index contributed by atoms with van der Waals surface area (Å²) in [6.45, 7) is 2.42. The number of imide groups is 2. The lowest BCUT2D eigenvalue weighted by atomic mass is 10.0. The zero-order valence-electron chi connectivity index (χ0n) is 32.5. The van der Waals surface area contributed by atoms with Gasteiger partial charge in [-0.25, -0.2) is 4.98 Å². The van der Waals surface area contributed by atoms with Crippen molar-refractivity contribution in [3.63, 3.8) is 0 Å². The number of rotatable bonds is 14. The highest BCUT2D eigenvalue weighted by Gasteiger charge is 2.46. The molecule has 0 bridgehead atoms. The van der Waals surface area contributed by atoms with Gasteiger partial charge in [0.25, 0.3) is 23.6 Å². The van der Waals surface area contributed by atoms with Crippen LogP contribution in [0.5, 0.6) is 5.75 Å². The quantitative estimate of drug-likeness (QED) is 0.106. The maximum absolute atomic E-state index is 13.7. The Morgan fingerprint density at radius 2 is 1.64 bits per heavy atom. The maximum Gasteiger partial charge on any atom is 0.270 e. The van der Waals surface area contributed by atoms with Gasteiger partial charge in [0.1, 0.15) is 23.1 Å². The van der Waals surface area contributed by atoms with Crippen LogP contribution in [0, 0.1) is 0 Å². The van der Waals surface area contributed by atoms with E-state index in [1.54, 1.807) is 30.5 Å². The first kappa shape index (κ1) is 38.7. The summed E-state index contributed by atoms with van der Waals surface area (Å²) in [6.07, 6.45) is 12.6. The van der Waals surface area contributed by atoms with E-state index in [4.69, 9.17) is 9.72 Å². The number of hydrogen-bond acceptors (Lipinski definition) is 10. The number of hydrogen-bond donors (Lipinski definition) is 3. The number of carbonyl (C=O) groups is 6. The van der Waals surface area contributed by atoms with Gasteiger partial charge in [0.05, 0.1) is 17.7 Å². The summed E-state index contributed by atoms with van der Waals surface area (Å²) in [6, 6.07) is 13.1. The van der Waals surface area contributed by atoms with Gasteiger partial charge in [0.15, 0.2) is 0 Å². The Morgan fingerprint density at radius 1 is 0.862 bits per heavy atom. The molecule has 8 rings (SSSR count). The second-order valence-electron chi connectivity index (χ2n) is 15.5. The molecule has 15 heteroatoms. The van der Waals surface area contributed by atoms with Crippen molar-refractivity contribution in [3.05, 3.63) is 77.1 Å². The largest absolute Gasteiger partial charge is 0.493 e. The minimum Gasteiger partial charge on any atom is -0.493 e. The van der Waals surface area contributed by atoms with Crippen molar-refractivity contribution in [1.29, 1.82) is 0 Å². The van der Waals surface area contributed by atoms with Gasteiger partial charge in [-0.05, 0) is 93.8 Å². The standard InChI is InChI=1S/C43H48N8O7/c52-35-20-19-32(39(54)47-35)51-40(55)31-13-10-14-34(36(31)42(51)57)58-24-9-2-1-6-21-44-38(53)27-15-17-29(18-16-27)46-43-45-26-28-25-33(41(56)49-22-7-3-8-23-49)50(37(28)48-43)30-11-4-5-12-30/h10,13-18,25-26,30,32H,1-9,11-12,19-24H2,(H,44,53)(H,45,46,48)(H,47,52,54). The second kappa shape index (κ2) is 17.2. The van der Waals surface area contributed by atoms with Crippen LogP contribution < -0.4 is 20.7 Å². The van der Waals surface area contributed by atoms with E-state index in [1.807, 2.05) is 23.1 Å². The number of nitrogens with zero attached hydrogens (tertiary/aromatic N) is 5. The molecule has 1 atom stereocenters. The van der Waals surface area contributed by atoms with Crippen molar-refractivity contribution in [3.8, 4) is 5.75 Å². The average molecular weight is 789 g/mol. The zero-order chi connectivity index (χ0) is 40.2. The highest BCUT2D eigenvalue weighted by Crippen LogP contribution is 2.36. The normalized spacial score (nSPS) is 18.4. The lowest BCUT2D eigenvalue weighted by molar-refractivity contribution is -0.136. The molecular formula is C43H48N8O7. The molecular weight excluding hydrogens is 741 g/mol. The summed E-state index contributed by atoms with van der Waals surface area (Å²) in [5.74, 6) is -1.62. The molecule has 4 aliphatic rings. The van der Waals surface area contributed by atoms with Crippen molar-refractivity contribution >= 4 is 58.1 Å². The molecule has 0 radical (unpaired) electrons. The fraction of sp³-hybridized carbons (Fsp3) is 0.442. The van der Waals surface area contributed by atoms with Crippen molar-refractivity contribution in [1.82, 2.24) is 35.0 Å². The van der Waals surface area contributed by atoms with Crippen LogP contribution in [-0.4, -0.2) is 92.1 Å². The first-order valence-corrected chi connectivity index (χ1v) is 20.6. The average Bonchev–Trinajstić information content (AvgIpc) is 3.96. The van der Waals surface area contributed by atoms with Gasteiger partial charge in [-0.3, -0.25) is 39.0 Å². The third kappa shape index (κ3) is 8.02. The Morgan fingerprint density at radius 3 is 2.41 bits per heavy atom. The number of anilines is 2. The van der Waals surface area contributed by atoms with Gasteiger partial charge in [-0.15, -0.1) is 0 Å². The number of fused-ring (bicyclic) bond motifs is 2. The third-order valence-electron chi connectivity index (χ3n) is 11.6. The third-order valence-corrected chi connectivity index (χ3v) is 11.6. The van der Waals surface area contributed by atoms with Crippen LogP contribution in [0.1, 0.15) is 131 Å². The Balaban J connectivity index is 0.788. The lowest BCUT2D eigenvalue weighted by Crippen LogP contribution is -2.54. The van der Waals surface area contributed by atoms with Crippen LogP contribution >= 0.6 is 0 Å². The van der Waals surface area contributed by atoms with Crippen LogP contribution in [0.3, 0.4) is 0 Å². The fourth-order valence-electron chi connectivity index (χ4n) is 8.53. The molecule has 4 aromatic rings. The molecule has 3 aliphatic heterocycles. The van der Waals surface area contributed by atoms with E-state index in [9.17, 15) is 28.8 Å². The number of aromatic nitrogens is 3. The number of carbonyl (C=O) groups excluding carboxylic acids is 6. The summed E-state index contributed by atoms with van der Waals surface area (Å²) in [5.41, 5.74) is 3.06. The SMILES string of the molecule is O=C1CCC(N2C(=O)c3cccc(OCCCCCCNC(=O)c4ccc(Nc5ncc6cc(C(=O)N7CCCCC7)n(C7CCCC7)c6n5)cc4)c3C2=O)C(=O)N1. The predicted molar refractivity (Wildman–Crippen MR) is 214 cm³/mol. The van der Waals surface area contributed by atoms with E-state index in [0.29, 0.717) is 36.8 Å². The number of benzene rings is 2. The minimum absolute atomic E-state index is 0.0542. The molecule has 302 valence electrons. The summed E-state index contributed by atoms with van der Waals surface area (Å²) in [7, 11) is 0. The van der Waals surface area contributed by atoms with Gasteiger partial charge in [0.2, 0.25) is 17.8 Å². The van der Waals surface area contributed by atoms with Crippen LogP contribution in [-0.2, 0) is 9.59 Å². The molecule has 58 heavy (non-hydrogen) atoms. The molecule has 3 N–H and O–H groups in total. The highest BCUT2D eigenvalue weighted by molar-refractivity contribution is 6.24. The number of likely N-dealkylation sites (tertiary alicyclic amines) is 1. The molecule has 1 aliphatic carbocycles. The van der Waals surface area contributed by atoms with E-state index in [-0.39, 0.29) is 47.6 Å². The van der Waals surface area contributed by atoms with E-state index in [2.05, 4.69) is 25.5 Å². The predicted octanol–water partition coefficient (Wildman–Crippen LogP) is 5.69. The Hall–Kier alpha value is -6.12. The molecule has 1 saturated carbocycles. The zero-order valence-corrected chi connectivity index (χ0v) is 32.5. The molecule has 6 amide bonds. The summed E-state index contributed by atoms with van der Waals surface area (Å²) in [5, 5.41) is 9.31. The summed E-state index contributed by atoms with van der Waals surface area (Å²) >= 11 is 0. The summed E-state index contributed by atoms with van der Waals surface area (Å²) < 4.78 is 8.07. The Kier molecular flexibility index (Phi) is 11.5. The Labute approximate surface area is 335 Å². The van der Waals surface area contributed by atoms with E-state index >= 15 is 0 Å². The molecule has 2 saturated heterocycles. The lowest BCUT2D eigenvalue weighted by Gasteiger charge is -2.28. The van der Waals surface area contributed by atoms with Crippen molar-refractivity contribution < 1.29 is 33.5 Å². The number of piperidine rings is 2. The smallest absolute Gasteiger partial charge is 0.270 e. The highest BCUT2D eigenvalue weighted by atomic mass is 16.5. The molecule has 2 aromatic carbocycles. The minimum atomic E-state index is -1.03. The summed E-state index contributed by atoms with van der Waals surface area (Å²) in [4.78, 5) is 89.2. The van der Waals surface area contributed by atoms with Gasteiger partial charge < -0.3 is 24.8 Å². The van der Waals surface area contributed by atoms with Gasteiger partial charge in [-0.2, -0.15) is 4.98 Å². The van der Waals surface area contributed by atoms with Gasteiger partial charge in [0, 0.05) is 54.9 Å². The van der Waals surface area contributed by atoms with Crippen molar-refractivity contribution in [2.75, 3.05) is 31.6 Å². The van der Waals surface area contributed by atoms with E-state index in [0.717, 1.165) is 98.9 Å². The van der Waals surface area contributed by atoms with Crippen molar-refractivity contribution in [2.45, 2.75) is 95.6 Å². The van der Waals surface area contributed by atoms with E-state index in [1.165, 1.54) is 6.07 Å². The topological polar surface area (TPSA) is 185 Å². The number of nitrogens with one attached hydrogen (secondary N) is 3. The Bertz CT molecular complexity index is 2240. The van der Waals surface area contributed by atoms with Crippen molar-refractivity contribution in [2.24, 2.45) is 0 Å². The maximum atomic E-state index is 13.7. The molecule has 3 fully saturated rings. The van der Waals surface area contributed by atoms with Gasteiger partial charge in [-0.1, -0.05) is 31.7 Å². The second-order valence-corrected chi connectivity index (χ2v) is 15.5. The number of unbranched alkanes of at least 4 members (excludes halogenated alkanes) is 3. The van der Waals surface area contributed by atoms with Crippen LogP contribution in [0.2, 0.25) is 0 Å². The number of amides is 6. The molecule has 0 spiro atoms. The van der Waals surface area contributed by atoms with E-state index < -0.39 is 29.7 Å². The van der Waals surface area contributed by atoms with Crippen LogP contribution in [0.15, 0.2) is 54.7 Å². The van der Waals surface area contributed by atoms with Crippen LogP contribution in [0.25, 0.3) is 11.0 Å². The first-order valence-electron chi connectivity index (χ1n) is 20.6. The number of ether oxygens (including phenoxy) is 1.